The van der Waals surface area contributed by atoms with Crippen LogP contribution in [0.1, 0.15) is 18.6 Å². The number of nitrogens with zero attached hydrogens (tertiary/aromatic N) is 3. The first-order chi connectivity index (χ1) is 11.6. The Bertz CT molecular complexity index is 751. The second-order valence-electron chi connectivity index (χ2n) is 7.15. The molecular formula is C17H19N3O4. The second-order valence-corrected chi connectivity index (χ2v) is 7.15. The molecule has 5 heterocycles. The molecule has 0 unspecified atom stereocenters. The molecule has 5 rings (SSSR count). The molecule has 24 heavy (non-hydrogen) atoms. The summed E-state index contributed by atoms with van der Waals surface area (Å²) in [5, 5.41) is 3.96. The van der Waals surface area contributed by atoms with Gasteiger partial charge in [0.15, 0.2) is 5.82 Å². The van der Waals surface area contributed by atoms with Gasteiger partial charge in [0.2, 0.25) is 11.8 Å². The molecule has 0 saturated carbocycles. The average Bonchev–Trinajstić information content (AvgIpc) is 3.34. The smallest absolute Gasteiger partial charge is 0.235 e. The summed E-state index contributed by atoms with van der Waals surface area (Å²) in [6, 6.07) is 1.74. The van der Waals surface area contributed by atoms with Gasteiger partial charge in [-0.3, -0.25) is 14.5 Å². The topological polar surface area (TPSA) is 75.9 Å². The number of amides is 2. The molecular weight excluding hydrogens is 310 g/mol. The molecule has 1 spiro atoms. The Kier molecular flexibility index (Phi) is 2.78. The van der Waals surface area contributed by atoms with Gasteiger partial charge in [-0.15, -0.1) is 0 Å². The molecule has 0 radical (unpaired) electrons. The highest BCUT2D eigenvalue weighted by atomic mass is 16.5. The normalized spacial score (nSPS) is 36.9. The fourth-order valence-corrected chi connectivity index (χ4v) is 4.60. The highest BCUT2D eigenvalue weighted by molar-refractivity contribution is 6.02. The molecule has 126 valence electrons. The van der Waals surface area contributed by atoms with Crippen molar-refractivity contribution in [1.82, 2.24) is 10.1 Å². The van der Waals surface area contributed by atoms with Crippen LogP contribution < -0.4 is 4.90 Å². The van der Waals surface area contributed by atoms with Crippen LogP contribution in [0.3, 0.4) is 0 Å². The van der Waals surface area contributed by atoms with Crippen molar-refractivity contribution in [3.05, 3.63) is 24.0 Å². The molecule has 4 aliphatic heterocycles. The molecule has 1 aromatic rings. The van der Waals surface area contributed by atoms with Gasteiger partial charge >= 0.3 is 0 Å². The van der Waals surface area contributed by atoms with Gasteiger partial charge in [0.25, 0.3) is 0 Å². The van der Waals surface area contributed by atoms with Crippen molar-refractivity contribution in [1.29, 1.82) is 0 Å². The van der Waals surface area contributed by atoms with Crippen molar-refractivity contribution in [2.24, 2.45) is 11.8 Å². The van der Waals surface area contributed by atoms with E-state index < -0.39 is 17.4 Å². The second kappa shape index (κ2) is 4.69. The Balaban J connectivity index is 1.49. The molecule has 0 aliphatic carbocycles. The van der Waals surface area contributed by atoms with Crippen LogP contribution in [0.5, 0.6) is 0 Å². The van der Waals surface area contributed by atoms with Crippen molar-refractivity contribution < 1.29 is 18.8 Å². The fraction of sp³-hybridized carbons (Fsp3) is 0.588. The van der Waals surface area contributed by atoms with E-state index in [1.807, 2.05) is 17.1 Å². The van der Waals surface area contributed by atoms with Gasteiger partial charge in [0.1, 0.15) is 11.4 Å². The van der Waals surface area contributed by atoms with E-state index in [9.17, 15) is 9.59 Å². The third-order valence-electron chi connectivity index (χ3n) is 5.70. The maximum atomic E-state index is 13.1. The number of ether oxygens (including phenoxy) is 1. The third-order valence-corrected chi connectivity index (χ3v) is 5.70. The zero-order valence-corrected chi connectivity index (χ0v) is 13.5. The molecule has 0 N–H and O–H groups in total. The van der Waals surface area contributed by atoms with Crippen LogP contribution in [0.15, 0.2) is 22.7 Å². The SMILES string of the molecule is Cc1cc(N2C[C@]34C=C[C@@H](O3)[C@H](C(=O)N3CCCC3)[C@@H]4C2=O)no1. The predicted octanol–water partition coefficient (Wildman–Crippen LogP) is 0.892. The molecule has 7 nitrogen and oxygen atoms in total. The summed E-state index contributed by atoms with van der Waals surface area (Å²) >= 11 is 0. The number of rotatable bonds is 2. The summed E-state index contributed by atoms with van der Waals surface area (Å²) in [4.78, 5) is 29.5. The summed E-state index contributed by atoms with van der Waals surface area (Å²) in [6.45, 7) is 3.74. The molecule has 2 amide bonds. The Labute approximate surface area is 139 Å². The monoisotopic (exact) mass is 329 g/mol. The first-order valence-electron chi connectivity index (χ1n) is 8.50. The van der Waals surface area contributed by atoms with Crippen molar-refractivity contribution in [2.75, 3.05) is 24.5 Å². The van der Waals surface area contributed by atoms with E-state index in [2.05, 4.69) is 5.16 Å². The molecule has 0 aromatic carbocycles. The van der Waals surface area contributed by atoms with E-state index in [1.165, 1.54) is 0 Å². The van der Waals surface area contributed by atoms with Gasteiger partial charge in [-0.2, -0.15) is 0 Å². The van der Waals surface area contributed by atoms with Gasteiger partial charge in [0, 0.05) is 19.2 Å². The van der Waals surface area contributed by atoms with Crippen molar-refractivity contribution in [3.63, 3.8) is 0 Å². The highest BCUT2D eigenvalue weighted by Gasteiger charge is 2.67. The number of hydrogen-bond acceptors (Lipinski definition) is 5. The van der Waals surface area contributed by atoms with Gasteiger partial charge in [0.05, 0.1) is 24.5 Å². The molecule has 1 aromatic heterocycles. The van der Waals surface area contributed by atoms with Crippen molar-refractivity contribution in [3.8, 4) is 0 Å². The van der Waals surface area contributed by atoms with Crippen LogP contribution >= 0.6 is 0 Å². The minimum Gasteiger partial charge on any atom is -0.360 e. The van der Waals surface area contributed by atoms with Gasteiger partial charge in [-0.1, -0.05) is 17.3 Å². The van der Waals surface area contributed by atoms with E-state index in [1.54, 1.807) is 17.9 Å². The van der Waals surface area contributed by atoms with Gasteiger partial charge < -0.3 is 14.2 Å². The van der Waals surface area contributed by atoms with Crippen LogP contribution in [-0.4, -0.2) is 53.2 Å². The lowest BCUT2D eigenvalue weighted by Gasteiger charge is -2.27. The average molecular weight is 329 g/mol. The van der Waals surface area contributed by atoms with Crippen LogP contribution in [0.2, 0.25) is 0 Å². The number of aromatic nitrogens is 1. The summed E-state index contributed by atoms with van der Waals surface area (Å²) in [5.41, 5.74) is -0.700. The Morgan fingerprint density at radius 2 is 2.17 bits per heavy atom. The van der Waals surface area contributed by atoms with E-state index in [0.717, 1.165) is 25.9 Å². The molecule has 2 bridgehead atoms. The van der Waals surface area contributed by atoms with Crippen LogP contribution in [0.4, 0.5) is 5.82 Å². The fourth-order valence-electron chi connectivity index (χ4n) is 4.60. The lowest BCUT2D eigenvalue weighted by Crippen LogP contribution is -2.45. The minimum absolute atomic E-state index is 0.0558. The standard InChI is InChI=1S/C17H19N3O4/c1-10-8-12(18-24-10)20-9-17-5-4-11(23-17)13(14(17)16(20)22)15(21)19-6-2-3-7-19/h4-5,8,11,13-14H,2-3,6-7,9H2,1H3/t11-,13+,14-,17+/m1/s1. The lowest BCUT2D eigenvalue weighted by molar-refractivity contribution is -0.139. The summed E-state index contributed by atoms with van der Waals surface area (Å²) in [7, 11) is 0. The summed E-state index contributed by atoms with van der Waals surface area (Å²) in [6.07, 6.45) is 5.69. The maximum absolute atomic E-state index is 13.1. The summed E-state index contributed by atoms with van der Waals surface area (Å²) in [5.74, 6) is 0.232. The Hall–Kier alpha value is -2.15. The number of carbonyl (C=O) groups excluding carboxylic acids is 2. The predicted molar refractivity (Wildman–Crippen MR) is 83.1 cm³/mol. The van der Waals surface area contributed by atoms with E-state index >= 15 is 0 Å². The number of carbonyl (C=O) groups is 2. The van der Waals surface area contributed by atoms with Crippen molar-refractivity contribution in [2.45, 2.75) is 31.5 Å². The number of hydrogen-bond donors (Lipinski definition) is 0. The zero-order valence-electron chi connectivity index (χ0n) is 13.5. The Morgan fingerprint density at radius 1 is 1.38 bits per heavy atom. The van der Waals surface area contributed by atoms with Crippen LogP contribution in [0.25, 0.3) is 0 Å². The maximum Gasteiger partial charge on any atom is 0.235 e. The summed E-state index contributed by atoms with van der Waals surface area (Å²) < 4.78 is 11.2. The van der Waals surface area contributed by atoms with E-state index in [0.29, 0.717) is 18.1 Å². The van der Waals surface area contributed by atoms with Gasteiger partial charge in [-0.25, -0.2) is 0 Å². The van der Waals surface area contributed by atoms with Crippen LogP contribution in [0, 0.1) is 18.8 Å². The third kappa shape index (κ3) is 1.73. The molecule has 4 aliphatic rings. The van der Waals surface area contributed by atoms with Crippen molar-refractivity contribution >= 4 is 17.6 Å². The number of likely N-dealkylation sites (tertiary alicyclic amines) is 1. The first kappa shape index (κ1) is 14.2. The molecule has 4 atom stereocenters. The van der Waals surface area contributed by atoms with E-state index in [4.69, 9.17) is 9.26 Å². The largest absolute Gasteiger partial charge is 0.360 e. The number of aryl methyl sites for hydroxylation is 1. The molecule has 3 fully saturated rings. The molecule has 7 heteroatoms. The van der Waals surface area contributed by atoms with Crippen LogP contribution in [-0.2, 0) is 14.3 Å². The van der Waals surface area contributed by atoms with Gasteiger partial charge in [-0.05, 0) is 19.8 Å². The zero-order chi connectivity index (χ0) is 16.5. The number of anilines is 1. The quantitative estimate of drug-likeness (QED) is 0.753. The molecule has 3 saturated heterocycles. The Morgan fingerprint density at radius 3 is 2.88 bits per heavy atom. The minimum atomic E-state index is -0.700. The first-order valence-corrected chi connectivity index (χ1v) is 8.50. The number of fused-ring (bicyclic) bond motifs is 1. The van der Waals surface area contributed by atoms with E-state index in [-0.39, 0.29) is 17.9 Å². The lowest BCUT2D eigenvalue weighted by atomic mass is 9.76. The highest BCUT2D eigenvalue weighted by Crippen LogP contribution is 2.53.